The maximum atomic E-state index is 13.7. The second-order valence-corrected chi connectivity index (χ2v) is 11.5. The van der Waals surface area contributed by atoms with E-state index in [1.54, 1.807) is 6.07 Å². The fraction of sp³-hybridized carbons (Fsp3) is 0.433. The number of fused-ring (bicyclic) bond motifs is 5. The number of benzene rings is 2. The van der Waals surface area contributed by atoms with Gasteiger partial charge in [-0.2, -0.15) is 4.52 Å². The van der Waals surface area contributed by atoms with Crippen LogP contribution < -0.4 is 15.2 Å². The van der Waals surface area contributed by atoms with Crippen LogP contribution in [0.25, 0.3) is 22.6 Å². The number of ether oxygens (including phenoxy) is 2. The summed E-state index contributed by atoms with van der Waals surface area (Å²) in [7, 11) is 0. The van der Waals surface area contributed by atoms with E-state index in [0.29, 0.717) is 35.2 Å². The summed E-state index contributed by atoms with van der Waals surface area (Å²) < 4.78 is 38.3. The van der Waals surface area contributed by atoms with Crippen molar-refractivity contribution in [3.8, 4) is 11.5 Å². The largest absolute Gasteiger partial charge is 0.586 e. The fourth-order valence-corrected chi connectivity index (χ4v) is 6.47. The van der Waals surface area contributed by atoms with Gasteiger partial charge in [0.25, 0.3) is 0 Å². The SMILES string of the molecule is CC=Cc1ccc(CC2CC3(CC3)N(Cc3nc4c5ccc6c(c5nc(N)n4n3)OC(F)(F)O6)CCC2C)cc1. The minimum atomic E-state index is -3.74. The Labute approximate surface area is 230 Å². The summed E-state index contributed by atoms with van der Waals surface area (Å²) in [6.45, 7) is 6.00. The van der Waals surface area contributed by atoms with Crippen LogP contribution in [0.5, 0.6) is 11.5 Å². The van der Waals surface area contributed by atoms with Crippen molar-refractivity contribution in [2.45, 2.75) is 64.3 Å². The summed E-state index contributed by atoms with van der Waals surface area (Å²) in [5.74, 6) is 1.70. The van der Waals surface area contributed by atoms with Crippen LogP contribution in [0.1, 0.15) is 56.5 Å². The van der Waals surface area contributed by atoms with Crippen LogP contribution in [-0.4, -0.2) is 42.9 Å². The average molecular weight is 547 g/mol. The quantitative estimate of drug-likeness (QED) is 0.336. The van der Waals surface area contributed by atoms with E-state index in [2.05, 4.69) is 63.1 Å². The molecule has 2 N–H and O–H groups in total. The number of allylic oxidation sites excluding steroid dienone is 1. The lowest BCUT2D eigenvalue weighted by atomic mass is 9.82. The summed E-state index contributed by atoms with van der Waals surface area (Å²) in [5.41, 5.74) is 9.65. The molecule has 2 aromatic carbocycles. The van der Waals surface area contributed by atoms with Crippen LogP contribution in [0.3, 0.4) is 0 Å². The zero-order valence-corrected chi connectivity index (χ0v) is 22.6. The fourth-order valence-electron chi connectivity index (χ4n) is 6.47. The molecule has 7 rings (SSSR count). The molecule has 1 spiro atoms. The lowest BCUT2D eigenvalue weighted by Crippen LogP contribution is -2.37. The Morgan fingerprint density at radius 2 is 1.90 bits per heavy atom. The summed E-state index contributed by atoms with van der Waals surface area (Å²) in [6.07, 6.45) is 6.15. The normalized spacial score (nSPS) is 23.4. The van der Waals surface area contributed by atoms with Gasteiger partial charge in [0, 0.05) is 10.9 Å². The van der Waals surface area contributed by atoms with Gasteiger partial charge in [-0.05, 0) is 80.7 Å². The van der Waals surface area contributed by atoms with Gasteiger partial charge in [-0.25, -0.2) is 9.97 Å². The van der Waals surface area contributed by atoms with Crippen molar-refractivity contribution >= 4 is 28.6 Å². The zero-order chi connectivity index (χ0) is 27.6. The van der Waals surface area contributed by atoms with Crippen LogP contribution in [0.15, 0.2) is 42.5 Å². The lowest BCUT2D eigenvalue weighted by Gasteiger charge is -2.30. The molecule has 40 heavy (non-hydrogen) atoms. The minimum Gasteiger partial charge on any atom is -0.395 e. The van der Waals surface area contributed by atoms with Crippen LogP contribution in [0, 0.1) is 11.8 Å². The van der Waals surface area contributed by atoms with Gasteiger partial charge in [-0.3, -0.25) is 4.90 Å². The van der Waals surface area contributed by atoms with Gasteiger partial charge < -0.3 is 15.2 Å². The van der Waals surface area contributed by atoms with Gasteiger partial charge in [-0.15, -0.1) is 13.9 Å². The van der Waals surface area contributed by atoms with E-state index in [-0.39, 0.29) is 28.5 Å². The number of aromatic nitrogens is 4. The molecule has 0 amide bonds. The van der Waals surface area contributed by atoms with Gasteiger partial charge in [0.2, 0.25) is 5.95 Å². The molecular formula is C30H32F2N6O2. The van der Waals surface area contributed by atoms with Crippen LogP contribution in [0.4, 0.5) is 14.7 Å². The van der Waals surface area contributed by atoms with Crippen molar-refractivity contribution in [2.24, 2.45) is 11.8 Å². The van der Waals surface area contributed by atoms with Crippen molar-refractivity contribution in [3.63, 3.8) is 0 Å². The number of nitrogens with zero attached hydrogens (tertiary/aromatic N) is 5. The first-order valence-electron chi connectivity index (χ1n) is 13.9. The molecular weight excluding hydrogens is 514 g/mol. The molecule has 4 heterocycles. The number of alkyl halides is 2. The van der Waals surface area contributed by atoms with Crippen molar-refractivity contribution < 1.29 is 18.3 Å². The van der Waals surface area contributed by atoms with Crippen LogP contribution >= 0.6 is 0 Å². The Kier molecular flexibility index (Phi) is 5.75. The first kappa shape index (κ1) is 25.2. The minimum absolute atomic E-state index is 0.0552. The number of rotatable bonds is 5. The molecule has 2 fully saturated rings. The first-order chi connectivity index (χ1) is 19.2. The van der Waals surface area contributed by atoms with E-state index in [9.17, 15) is 8.78 Å². The Hall–Kier alpha value is -3.79. The monoisotopic (exact) mass is 546 g/mol. The maximum Gasteiger partial charge on any atom is 0.586 e. The third kappa shape index (κ3) is 4.34. The van der Waals surface area contributed by atoms with E-state index in [1.165, 1.54) is 34.6 Å². The number of likely N-dealkylation sites (tertiary alicyclic amines) is 1. The van der Waals surface area contributed by atoms with Crippen molar-refractivity contribution in [1.29, 1.82) is 0 Å². The van der Waals surface area contributed by atoms with E-state index in [1.807, 2.05) is 6.92 Å². The molecule has 3 aliphatic rings. The van der Waals surface area contributed by atoms with E-state index in [4.69, 9.17) is 15.5 Å². The van der Waals surface area contributed by atoms with Gasteiger partial charge in [0.05, 0.1) is 6.54 Å². The lowest BCUT2D eigenvalue weighted by molar-refractivity contribution is -0.286. The predicted molar refractivity (Wildman–Crippen MR) is 148 cm³/mol. The van der Waals surface area contributed by atoms with Gasteiger partial charge in [0.1, 0.15) is 5.52 Å². The smallest absolute Gasteiger partial charge is 0.395 e. The van der Waals surface area contributed by atoms with Gasteiger partial charge in [-0.1, -0.05) is 43.3 Å². The van der Waals surface area contributed by atoms with Crippen molar-refractivity contribution in [1.82, 2.24) is 24.5 Å². The van der Waals surface area contributed by atoms with Crippen molar-refractivity contribution in [2.75, 3.05) is 12.3 Å². The predicted octanol–water partition coefficient (Wildman–Crippen LogP) is 5.84. The van der Waals surface area contributed by atoms with Crippen molar-refractivity contribution in [3.05, 3.63) is 59.4 Å². The molecule has 2 unspecified atom stereocenters. The molecule has 2 atom stereocenters. The second-order valence-electron chi connectivity index (χ2n) is 11.5. The standard InChI is InChI=1S/C30H32F2N6O2/c1-3-4-19-5-7-20(8-6-19)15-21-16-29(12-13-29)37(14-11-18(21)2)17-24-34-27-22-9-10-23-26(40-30(31,32)39-23)25(22)35-28(33)38(27)36-24/h3-10,18,21H,11-17H2,1-2H3,(H2,33,35). The molecule has 0 bridgehead atoms. The van der Waals surface area contributed by atoms with E-state index >= 15 is 0 Å². The Morgan fingerprint density at radius 1 is 1.10 bits per heavy atom. The molecule has 2 aliphatic heterocycles. The highest BCUT2D eigenvalue weighted by molar-refractivity contribution is 5.97. The maximum absolute atomic E-state index is 13.7. The zero-order valence-electron chi connectivity index (χ0n) is 22.6. The van der Waals surface area contributed by atoms with Crippen LogP contribution in [0.2, 0.25) is 0 Å². The molecule has 4 aromatic rings. The number of hydrogen-bond donors (Lipinski definition) is 1. The molecule has 1 saturated carbocycles. The second kappa shape index (κ2) is 9.12. The molecule has 208 valence electrons. The Bertz CT molecular complexity index is 1630. The number of halogens is 2. The van der Waals surface area contributed by atoms with E-state index in [0.717, 1.165) is 25.8 Å². The molecule has 2 aromatic heterocycles. The van der Waals surface area contributed by atoms with Gasteiger partial charge in [0.15, 0.2) is 23.0 Å². The van der Waals surface area contributed by atoms with Gasteiger partial charge >= 0.3 is 6.29 Å². The molecule has 10 heteroatoms. The number of anilines is 1. The third-order valence-corrected chi connectivity index (χ3v) is 8.85. The highest BCUT2D eigenvalue weighted by atomic mass is 19.3. The number of hydrogen-bond acceptors (Lipinski definition) is 7. The topological polar surface area (TPSA) is 90.8 Å². The Morgan fingerprint density at radius 3 is 2.65 bits per heavy atom. The third-order valence-electron chi connectivity index (χ3n) is 8.85. The highest BCUT2D eigenvalue weighted by Gasteiger charge is 2.51. The molecule has 1 saturated heterocycles. The average Bonchev–Trinajstić information content (AvgIpc) is 3.47. The summed E-state index contributed by atoms with van der Waals surface area (Å²) in [5, 5.41) is 5.21. The van der Waals surface area contributed by atoms with E-state index < -0.39 is 6.29 Å². The molecule has 0 radical (unpaired) electrons. The summed E-state index contributed by atoms with van der Waals surface area (Å²) in [6, 6.07) is 12.0. The summed E-state index contributed by atoms with van der Waals surface area (Å²) >= 11 is 0. The first-order valence-corrected chi connectivity index (χ1v) is 13.9. The molecule has 1 aliphatic carbocycles. The summed E-state index contributed by atoms with van der Waals surface area (Å²) in [4.78, 5) is 11.7. The number of nitrogens with two attached hydrogens (primary N) is 1. The molecule has 8 nitrogen and oxygen atoms in total. The number of nitrogen functional groups attached to an aromatic ring is 1. The highest BCUT2D eigenvalue weighted by Crippen LogP contribution is 2.51. The van der Waals surface area contributed by atoms with Crippen LogP contribution in [-0.2, 0) is 13.0 Å². The Balaban J connectivity index is 1.14.